The summed E-state index contributed by atoms with van der Waals surface area (Å²) in [5, 5.41) is 0. The largest absolute Gasteiger partial charge is 0.458 e. The van der Waals surface area contributed by atoms with Gasteiger partial charge in [-0.15, -0.1) is 0 Å². The van der Waals surface area contributed by atoms with Crippen molar-refractivity contribution in [3.05, 3.63) is 36.5 Å². The summed E-state index contributed by atoms with van der Waals surface area (Å²) in [6.45, 7) is 14.5. The van der Waals surface area contributed by atoms with E-state index in [4.69, 9.17) is 14.2 Å². The summed E-state index contributed by atoms with van der Waals surface area (Å²) in [7, 11) is 0. The molecule has 4 atom stereocenters. The van der Waals surface area contributed by atoms with Crippen LogP contribution >= 0.6 is 0 Å². The van der Waals surface area contributed by atoms with Crippen LogP contribution in [0, 0.1) is 5.92 Å². The Morgan fingerprint density at radius 1 is 1.04 bits per heavy atom. The maximum atomic E-state index is 11.9. The zero-order chi connectivity index (χ0) is 18.7. The van der Waals surface area contributed by atoms with Gasteiger partial charge >= 0.3 is 17.9 Å². The van der Waals surface area contributed by atoms with E-state index in [1.807, 2.05) is 0 Å². The van der Waals surface area contributed by atoms with E-state index in [1.54, 1.807) is 0 Å². The van der Waals surface area contributed by atoms with E-state index in [0.717, 1.165) is 0 Å². The van der Waals surface area contributed by atoms with E-state index in [9.17, 15) is 14.4 Å². The van der Waals surface area contributed by atoms with Crippen molar-refractivity contribution in [3.63, 3.8) is 0 Å². The van der Waals surface area contributed by atoms with Gasteiger partial charge < -0.3 is 14.2 Å². The third-order valence-electron chi connectivity index (χ3n) is 4.60. The standard InChI is InChI=1S/C19H24O6/c1-10-6-7-16(23-13(4)20)11(2)8-18-15(12(3)19(22)25-18)9-17(10)24-14(5)21/h15-18H,1-3,6-9H2,4-5H3/t15-,16-,17-,18+/m1/s1. The molecule has 1 aliphatic carbocycles. The Balaban J connectivity index is 2.30. The molecular formula is C19H24O6. The molecule has 136 valence electrons. The van der Waals surface area contributed by atoms with Gasteiger partial charge in [0.2, 0.25) is 0 Å². The average Bonchev–Trinajstić information content (AvgIpc) is 2.76. The lowest BCUT2D eigenvalue weighted by atomic mass is 9.82. The van der Waals surface area contributed by atoms with Crippen LogP contribution in [0.1, 0.15) is 39.5 Å². The molecule has 2 rings (SSSR count). The van der Waals surface area contributed by atoms with Gasteiger partial charge in [-0.05, 0) is 30.4 Å². The first kappa shape index (κ1) is 19.0. The molecule has 1 saturated heterocycles. The fraction of sp³-hybridized carbons (Fsp3) is 0.526. The van der Waals surface area contributed by atoms with Gasteiger partial charge in [0.15, 0.2) is 0 Å². The third kappa shape index (κ3) is 4.59. The number of hydrogen-bond donors (Lipinski definition) is 0. The second kappa shape index (κ2) is 7.68. The molecule has 1 saturated carbocycles. The van der Waals surface area contributed by atoms with Crippen LogP contribution in [0.25, 0.3) is 0 Å². The van der Waals surface area contributed by atoms with Crippen LogP contribution < -0.4 is 0 Å². The van der Waals surface area contributed by atoms with Gasteiger partial charge in [0.1, 0.15) is 18.3 Å². The quantitative estimate of drug-likeness (QED) is 0.330. The minimum Gasteiger partial charge on any atom is -0.458 e. The summed E-state index contributed by atoms with van der Waals surface area (Å²) in [4.78, 5) is 34.8. The van der Waals surface area contributed by atoms with Crippen LogP contribution in [0.4, 0.5) is 0 Å². The molecule has 0 bridgehead atoms. The van der Waals surface area contributed by atoms with Crippen LogP contribution in [0.5, 0.6) is 0 Å². The lowest BCUT2D eigenvalue weighted by Gasteiger charge is -2.29. The van der Waals surface area contributed by atoms with E-state index in [-0.39, 0.29) is 5.92 Å². The lowest BCUT2D eigenvalue weighted by molar-refractivity contribution is -0.147. The molecule has 0 radical (unpaired) electrons. The average molecular weight is 348 g/mol. The molecular weight excluding hydrogens is 324 g/mol. The van der Waals surface area contributed by atoms with Crippen molar-refractivity contribution < 1.29 is 28.6 Å². The maximum absolute atomic E-state index is 11.9. The highest BCUT2D eigenvalue weighted by Crippen LogP contribution is 2.38. The first-order chi connectivity index (χ1) is 11.7. The predicted molar refractivity (Wildman–Crippen MR) is 90.4 cm³/mol. The topological polar surface area (TPSA) is 78.9 Å². The van der Waals surface area contributed by atoms with Crippen molar-refractivity contribution in [1.29, 1.82) is 0 Å². The molecule has 2 fully saturated rings. The minimum absolute atomic E-state index is 0.304. The van der Waals surface area contributed by atoms with Gasteiger partial charge in [-0.2, -0.15) is 0 Å². The summed E-state index contributed by atoms with van der Waals surface area (Å²) in [5.41, 5.74) is 1.74. The van der Waals surface area contributed by atoms with Crippen molar-refractivity contribution >= 4 is 17.9 Å². The molecule has 0 aromatic carbocycles. The molecule has 0 amide bonds. The van der Waals surface area contributed by atoms with E-state index < -0.39 is 36.2 Å². The Bertz CT molecular complexity index is 632. The molecule has 0 unspecified atom stereocenters. The van der Waals surface area contributed by atoms with Gasteiger partial charge in [-0.25, -0.2) is 4.79 Å². The van der Waals surface area contributed by atoms with E-state index in [1.165, 1.54) is 13.8 Å². The van der Waals surface area contributed by atoms with Gasteiger partial charge in [-0.1, -0.05) is 19.7 Å². The van der Waals surface area contributed by atoms with Crippen molar-refractivity contribution in [2.24, 2.45) is 5.92 Å². The number of esters is 3. The zero-order valence-corrected chi connectivity index (χ0v) is 14.7. The van der Waals surface area contributed by atoms with Crippen LogP contribution in [0.15, 0.2) is 36.5 Å². The molecule has 6 heteroatoms. The first-order valence-corrected chi connectivity index (χ1v) is 8.28. The molecule has 25 heavy (non-hydrogen) atoms. The first-order valence-electron chi connectivity index (χ1n) is 8.28. The second-order valence-electron chi connectivity index (χ2n) is 6.57. The fourth-order valence-corrected chi connectivity index (χ4v) is 3.29. The van der Waals surface area contributed by atoms with Gasteiger partial charge in [0, 0.05) is 31.8 Å². The lowest BCUT2D eigenvalue weighted by Crippen LogP contribution is -2.31. The van der Waals surface area contributed by atoms with E-state index in [2.05, 4.69) is 19.7 Å². The van der Waals surface area contributed by atoms with E-state index in [0.29, 0.717) is 42.4 Å². The molecule has 1 heterocycles. The predicted octanol–water partition coefficient (Wildman–Crippen LogP) is 2.63. The van der Waals surface area contributed by atoms with Crippen LogP contribution in [0.3, 0.4) is 0 Å². The SMILES string of the molecule is C=C1C(=O)O[C@H]2CC(=C)[C@H](OC(C)=O)CCC(=C)[C@H](OC(C)=O)C[C@H]12. The highest BCUT2D eigenvalue weighted by molar-refractivity contribution is 5.90. The molecule has 0 aromatic heterocycles. The summed E-state index contributed by atoms with van der Waals surface area (Å²) in [5.74, 6) is -1.59. The van der Waals surface area contributed by atoms with Crippen molar-refractivity contribution in [3.8, 4) is 0 Å². The molecule has 1 aliphatic heterocycles. The third-order valence-corrected chi connectivity index (χ3v) is 4.60. The number of fused-ring (bicyclic) bond motifs is 1. The van der Waals surface area contributed by atoms with Crippen LogP contribution in [-0.2, 0) is 28.6 Å². The Labute approximate surface area is 147 Å². The van der Waals surface area contributed by atoms with Gasteiger partial charge in [-0.3, -0.25) is 9.59 Å². The highest BCUT2D eigenvalue weighted by Gasteiger charge is 2.42. The Morgan fingerprint density at radius 3 is 2.24 bits per heavy atom. The van der Waals surface area contributed by atoms with Crippen LogP contribution in [-0.4, -0.2) is 36.2 Å². The van der Waals surface area contributed by atoms with Gasteiger partial charge in [0.05, 0.1) is 0 Å². The number of carbonyl (C=O) groups excluding carboxylic acids is 3. The maximum Gasteiger partial charge on any atom is 0.334 e. The van der Waals surface area contributed by atoms with E-state index >= 15 is 0 Å². The monoisotopic (exact) mass is 348 g/mol. The summed E-state index contributed by atoms with van der Waals surface area (Å²) in [6, 6.07) is 0. The van der Waals surface area contributed by atoms with Crippen molar-refractivity contribution in [1.82, 2.24) is 0 Å². The Kier molecular flexibility index (Phi) is 5.82. The number of rotatable bonds is 2. The number of hydrogen-bond acceptors (Lipinski definition) is 6. The van der Waals surface area contributed by atoms with Gasteiger partial charge in [0.25, 0.3) is 0 Å². The Morgan fingerprint density at radius 2 is 1.64 bits per heavy atom. The molecule has 6 nitrogen and oxygen atoms in total. The summed E-state index contributed by atoms with van der Waals surface area (Å²) >= 11 is 0. The molecule has 0 spiro atoms. The summed E-state index contributed by atoms with van der Waals surface area (Å²) < 4.78 is 16.2. The zero-order valence-electron chi connectivity index (χ0n) is 14.7. The fourth-order valence-electron chi connectivity index (χ4n) is 3.29. The van der Waals surface area contributed by atoms with Crippen molar-refractivity contribution in [2.75, 3.05) is 0 Å². The van der Waals surface area contributed by atoms with Crippen LogP contribution in [0.2, 0.25) is 0 Å². The second-order valence-corrected chi connectivity index (χ2v) is 6.57. The van der Waals surface area contributed by atoms with Crippen molar-refractivity contribution in [2.45, 2.75) is 57.8 Å². The normalized spacial score (nSPS) is 30.3. The molecule has 0 aromatic rings. The molecule has 2 aliphatic rings. The number of ether oxygens (including phenoxy) is 3. The Hall–Kier alpha value is -2.37. The smallest absolute Gasteiger partial charge is 0.334 e. The highest BCUT2D eigenvalue weighted by atomic mass is 16.6. The minimum atomic E-state index is -0.541. The number of carbonyl (C=O) groups is 3. The molecule has 0 N–H and O–H groups in total. The summed E-state index contributed by atoms with van der Waals surface area (Å²) in [6.07, 6.45) is 0.245.